The van der Waals surface area contributed by atoms with E-state index in [2.05, 4.69) is 43.3 Å². The summed E-state index contributed by atoms with van der Waals surface area (Å²) in [6.07, 6.45) is 1.09. The molecule has 0 aliphatic carbocycles. The van der Waals surface area contributed by atoms with Gasteiger partial charge in [0.2, 0.25) is 0 Å². The van der Waals surface area contributed by atoms with Gasteiger partial charge in [-0.05, 0) is 0 Å². The standard InChI is InChI=1S/C10H14ClNSe/c1-12(2)8-7-9-5-3-4-6-10(9)13-11/h3-6H,7-8H2,1-2H3. The summed E-state index contributed by atoms with van der Waals surface area (Å²) >= 11 is 0.100. The van der Waals surface area contributed by atoms with Crippen molar-refractivity contribution >= 4 is 28.6 Å². The summed E-state index contributed by atoms with van der Waals surface area (Å²) in [5, 5.41) is 0. The molecule has 0 aliphatic rings. The molecule has 1 nitrogen and oxygen atoms in total. The van der Waals surface area contributed by atoms with Gasteiger partial charge in [-0.25, -0.2) is 0 Å². The van der Waals surface area contributed by atoms with Crippen LogP contribution >= 0.6 is 10.1 Å². The first-order valence-corrected chi connectivity index (χ1v) is 7.36. The summed E-state index contributed by atoms with van der Waals surface area (Å²) in [4.78, 5) is 2.19. The molecular weight excluding hydrogens is 249 g/mol. The van der Waals surface area contributed by atoms with Gasteiger partial charge in [0.05, 0.1) is 0 Å². The molecule has 0 radical (unpaired) electrons. The third-order valence-electron chi connectivity index (χ3n) is 1.88. The molecule has 1 rings (SSSR count). The Hall–Kier alpha value is -0.0105. The zero-order chi connectivity index (χ0) is 9.68. The van der Waals surface area contributed by atoms with E-state index in [1.165, 1.54) is 10.0 Å². The Morgan fingerprint density at radius 3 is 2.62 bits per heavy atom. The van der Waals surface area contributed by atoms with E-state index < -0.39 is 0 Å². The minimum absolute atomic E-state index is 0.100. The Balaban J connectivity index is 2.64. The Kier molecular flexibility index (Phi) is 4.82. The van der Waals surface area contributed by atoms with Crippen molar-refractivity contribution in [2.24, 2.45) is 0 Å². The number of benzene rings is 1. The second kappa shape index (κ2) is 5.66. The van der Waals surface area contributed by atoms with Crippen molar-refractivity contribution in [3.8, 4) is 0 Å². The van der Waals surface area contributed by atoms with Crippen molar-refractivity contribution < 1.29 is 0 Å². The average molecular weight is 263 g/mol. The number of likely N-dealkylation sites (N-methyl/N-ethyl adjacent to an activating group) is 1. The van der Waals surface area contributed by atoms with Crippen LogP contribution in [0.4, 0.5) is 0 Å². The van der Waals surface area contributed by atoms with Crippen LogP contribution in [0, 0.1) is 0 Å². The fraction of sp³-hybridized carbons (Fsp3) is 0.400. The molecule has 0 fully saturated rings. The van der Waals surface area contributed by atoms with E-state index in [4.69, 9.17) is 10.1 Å². The van der Waals surface area contributed by atoms with Gasteiger partial charge in [-0.3, -0.25) is 0 Å². The zero-order valence-corrected chi connectivity index (χ0v) is 10.4. The second-order valence-electron chi connectivity index (χ2n) is 3.24. The van der Waals surface area contributed by atoms with Gasteiger partial charge in [-0.15, -0.1) is 0 Å². The Labute approximate surface area is 90.5 Å². The van der Waals surface area contributed by atoms with Gasteiger partial charge in [0.25, 0.3) is 0 Å². The van der Waals surface area contributed by atoms with E-state index >= 15 is 0 Å². The summed E-state index contributed by atoms with van der Waals surface area (Å²) in [6, 6.07) is 8.43. The van der Waals surface area contributed by atoms with Crippen LogP contribution in [0.25, 0.3) is 0 Å². The normalized spacial score (nSPS) is 10.8. The Morgan fingerprint density at radius 2 is 2.00 bits per heavy atom. The fourth-order valence-electron chi connectivity index (χ4n) is 1.13. The third-order valence-corrected chi connectivity index (χ3v) is 3.93. The fourth-order valence-corrected chi connectivity index (χ4v) is 2.75. The average Bonchev–Trinajstić information content (AvgIpc) is 2.15. The van der Waals surface area contributed by atoms with Crippen molar-refractivity contribution in [2.45, 2.75) is 6.42 Å². The third kappa shape index (κ3) is 3.70. The van der Waals surface area contributed by atoms with Crippen LogP contribution in [0.15, 0.2) is 24.3 Å². The van der Waals surface area contributed by atoms with E-state index in [1.807, 2.05) is 0 Å². The Bertz CT molecular complexity index is 263. The van der Waals surface area contributed by atoms with Crippen LogP contribution < -0.4 is 4.46 Å². The topological polar surface area (TPSA) is 3.24 Å². The number of halogens is 1. The van der Waals surface area contributed by atoms with E-state index in [-0.39, 0.29) is 14.0 Å². The zero-order valence-electron chi connectivity index (χ0n) is 7.96. The predicted octanol–water partition coefficient (Wildman–Crippen LogP) is 1.27. The molecule has 13 heavy (non-hydrogen) atoms. The summed E-state index contributed by atoms with van der Waals surface area (Å²) in [7, 11) is 10.1. The van der Waals surface area contributed by atoms with Crippen LogP contribution in [0.5, 0.6) is 0 Å². The van der Waals surface area contributed by atoms with Crippen LogP contribution in [0.2, 0.25) is 0 Å². The summed E-state index contributed by atoms with van der Waals surface area (Å²) in [5.41, 5.74) is 1.39. The predicted molar refractivity (Wildman–Crippen MR) is 59.9 cm³/mol. The first-order valence-electron chi connectivity index (χ1n) is 4.25. The molecule has 1 aromatic carbocycles. The number of rotatable bonds is 4. The van der Waals surface area contributed by atoms with Gasteiger partial charge < -0.3 is 0 Å². The van der Waals surface area contributed by atoms with Gasteiger partial charge in [-0.2, -0.15) is 0 Å². The van der Waals surface area contributed by atoms with Gasteiger partial charge in [0, 0.05) is 0 Å². The molecule has 72 valence electrons. The van der Waals surface area contributed by atoms with E-state index in [9.17, 15) is 0 Å². The molecular formula is C10H14ClNSe. The molecule has 3 heteroatoms. The van der Waals surface area contributed by atoms with Gasteiger partial charge in [-0.1, -0.05) is 0 Å². The molecule has 0 aromatic heterocycles. The molecule has 0 bridgehead atoms. The monoisotopic (exact) mass is 263 g/mol. The summed E-state index contributed by atoms with van der Waals surface area (Å²) in [5.74, 6) is 0. The molecule has 0 aliphatic heterocycles. The van der Waals surface area contributed by atoms with Gasteiger partial charge >= 0.3 is 90.4 Å². The van der Waals surface area contributed by atoms with Gasteiger partial charge in [0.15, 0.2) is 0 Å². The van der Waals surface area contributed by atoms with Crippen molar-refractivity contribution in [1.82, 2.24) is 4.90 Å². The molecule has 0 unspecified atom stereocenters. The maximum absolute atomic E-state index is 5.90. The van der Waals surface area contributed by atoms with Crippen LogP contribution in [-0.2, 0) is 6.42 Å². The SMILES string of the molecule is CN(C)CCc1ccccc1[Se]Cl. The summed E-state index contributed by atoms with van der Waals surface area (Å²) < 4.78 is 1.32. The summed E-state index contributed by atoms with van der Waals surface area (Å²) in [6.45, 7) is 1.09. The van der Waals surface area contributed by atoms with Gasteiger partial charge in [0.1, 0.15) is 0 Å². The quantitative estimate of drug-likeness (QED) is 0.739. The maximum atomic E-state index is 5.90. The van der Waals surface area contributed by atoms with Crippen molar-refractivity contribution in [2.75, 3.05) is 20.6 Å². The first kappa shape index (κ1) is 11.1. The molecule has 0 saturated heterocycles. The molecule has 0 saturated carbocycles. The molecule has 0 heterocycles. The number of nitrogens with zero attached hydrogens (tertiary/aromatic N) is 1. The second-order valence-corrected chi connectivity index (χ2v) is 5.29. The number of hydrogen-bond donors (Lipinski definition) is 0. The van der Waals surface area contributed by atoms with E-state index in [0.717, 1.165) is 13.0 Å². The van der Waals surface area contributed by atoms with E-state index in [1.54, 1.807) is 0 Å². The minimum atomic E-state index is 0.100. The van der Waals surface area contributed by atoms with Crippen molar-refractivity contribution in [1.29, 1.82) is 0 Å². The Morgan fingerprint density at radius 1 is 1.31 bits per heavy atom. The van der Waals surface area contributed by atoms with Crippen LogP contribution in [0.3, 0.4) is 0 Å². The molecule has 0 N–H and O–H groups in total. The number of hydrogen-bond acceptors (Lipinski definition) is 1. The van der Waals surface area contributed by atoms with E-state index in [0.29, 0.717) is 0 Å². The van der Waals surface area contributed by atoms with Crippen LogP contribution in [-0.4, -0.2) is 39.6 Å². The molecule has 0 spiro atoms. The van der Waals surface area contributed by atoms with Crippen molar-refractivity contribution in [3.63, 3.8) is 0 Å². The van der Waals surface area contributed by atoms with Crippen molar-refractivity contribution in [3.05, 3.63) is 29.8 Å². The molecule has 1 aromatic rings. The first-order chi connectivity index (χ1) is 6.24. The molecule has 0 atom stereocenters. The van der Waals surface area contributed by atoms with Crippen LogP contribution in [0.1, 0.15) is 5.56 Å². The molecule has 0 amide bonds.